The van der Waals surface area contributed by atoms with Gasteiger partial charge in [-0.05, 0) is 42.0 Å². The fraction of sp³-hybridized carbons (Fsp3) is 0.136. The van der Waals surface area contributed by atoms with Gasteiger partial charge in [0.15, 0.2) is 6.10 Å². The molecule has 1 atom stereocenters. The van der Waals surface area contributed by atoms with Gasteiger partial charge in [-0.2, -0.15) is 0 Å². The third-order valence-electron chi connectivity index (χ3n) is 3.92. The van der Waals surface area contributed by atoms with E-state index in [1.54, 1.807) is 31.4 Å². The first-order valence-corrected chi connectivity index (χ1v) is 8.49. The molecule has 3 aromatic rings. The number of rotatable bonds is 8. The minimum Gasteiger partial charge on any atom is -0.497 e. The monoisotopic (exact) mass is 364 g/mol. The summed E-state index contributed by atoms with van der Waals surface area (Å²) in [4.78, 5) is 11.6. The maximum absolute atomic E-state index is 11.6. The van der Waals surface area contributed by atoms with Gasteiger partial charge in [0, 0.05) is 12.5 Å². The fourth-order valence-corrected chi connectivity index (χ4v) is 2.55. The zero-order valence-electron chi connectivity index (χ0n) is 14.9. The standard InChI is InChI=1S/C22H20O5/c1-25-19-8-5-9-20(15-19)27-21(22(23)24)14-16-10-12-18(13-11-16)26-17-6-3-2-4-7-17/h2-13,15,21H,14H2,1H3,(H,23,24). The lowest BCUT2D eigenvalue weighted by atomic mass is 10.1. The highest BCUT2D eigenvalue weighted by Gasteiger charge is 2.20. The third kappa shape index (κ3) is 5.25. The molecule has 27 heavy (non-hydrogen) atoms. The molecule has 1 unspecified atom stereocenters. The molecule has 1 N–H and O–H groups in total. The van der Waals surface area contributed by atoms with Crippen LogP contribution in [-0.4, -0.2) is 24.3 Å². The second kappa shape index (κ2) is 8.76. The zero-order chi connectivity index (χ0) is 19.1. The van der Waals surface area contributed by atoms with Crippen molar-refractivity contribution < 1.29 is 24.1 Å². The number of para-hydroxylation sites is 1. The number of carboxylic acid groups (broad SMARTS) is 1. The van der Waals surface area contributed by atoms with E-state index in [4.69, 9.17) is 14.2 Å². The van der Waals surface area contributed by atoms with E-state index in [1.807, 2.05) is 54.6 Å². The van der Waals surface area contributed by atoms with Gasteiger partial charge in [0.05, 0.1) is 7.11 Å². The molecule has 0 amide bonds. The summed E-state index contributed by atoms with van der Waals surface area (Å²) in [5.74, 6) is 1.47. The van der Waals surface area contributed by atoms with Gasteiger partial charge in [-0.1, -0.05) is 36.4 Å². The number of carboxylic acids is 1. The number of carbonyl (C=O) groups is 1. The van der Waals surface area contributed by atoms with Crippen molar-refractivity contribution in [1.29, 1.82) is 0 Å². The summed E-state index contributed by atoms with van der Waals surface area (Å²) in [6.07, 6.45) is -0.768. The number of benzene rings is 3. The lowest BCUT2D eigenvalue weighted by Crippen LogP contribution is -2.29. The molecule has 138 valence electrons. The molecular weight excluding hydrogens is 344 g/mol. The van der Waals surface area contributed by atoms with Gasteiger partial charge in [-0.15, -0.1) is 0 Å². The maximum atomic E-state index is 11.6. The predicted molar refractivity (Wildman–Crippen MR) is 102 cm³/mol. The molecule has 3 aromatic carbocycles. The number of aliphatic carboxylic acids is 1. The Kier molecular flexibility index (Phi) is 5.94. The number of hydrogen-bond donors (Lipinski definition) is 1. The molecule has 0 aliphatic heterocycles. The van der Waals surface area contributed by atoms with Crippen LogP contribution in [0.1, 0.15) is 5.56 Å². The molecule has 0 aromatic heterocycles. The molecule has 0 aliphatic rings. The van der Waals surface area contributed by atoms with Gasteiger partial charge in [0.2, 0.25) is 0 Å². The van der Waals surface area contributed by atoms with Crippen LogP contribution >= 0.6 is 0 Å². The van der Waals surface area contributed by atoms with Crippen LogP contribution in [0.2, 0.25) is 0 Å². The minimum absolute atomic E-state index is 0.234. The highest BCUT2D eigenvalue weighted by atomic mass is 16.5. The van der Waals surface area contributed by atoms with E-state index < -0.39 is 12.1 Å². The number of methoxy groups -OCH3 is 1. The first-order chi connectivity index (χ1) is 13.1. The zero-order valence-corrected chi connectivity index (χ0v) is 14.9. The van der Waals surface area contributed by atoms with E-state index in [2.05, 4.69) is 0 Å². The molecule has 0 saturated carbocycles. The molecule has 3 rings (SSSR count). The van der Waals surface area contributed by atoms with Gasteiger partial charge in [-0.25, -0.2) is 4.79 Å². The van der Waals surface area contributed by atoms with Gasteiger partial charge >= 0.3 is 5.97 Å². The Balaban J connectivity index is 1.66. The second-order valence-corrected chi connectivity index (χ2v) is 5.89. The highest BCUT2D eigenvalue weighted by molar-refractivity contribution is 5.73. The molecule has 0 aliphatic carbocycles. The van der Waals surface area contributed by atoms with Crippen LogP contribution < -0.4 is 14.2 Å². The van der Waals surface area contributed by atoms with Crippen molar-refractivity contribution in [3.63, 3.8) is 0 Å². The quantitative estimate of drug-likeness (QED) is 0.635. The molecular formula is C22H20O5. The Morgan fingerprint density at radius 3 is 2.15 bits per heavy atom. The first kappa shape index (κ1) is 18.3. The molecule has 0 radical (unpaired) electrons. The molecule has 0 bridgehead atoms. The highest BCUT2D eigenvalue weighted by Crippen LogP contribution is 2.23. The van der Waals surface area contributed by atoms with Gasteiger partial charge in [0.1, 0.15) is 23.0 Å². The normalized spacial score (nSPS) is 11.4. The van der Waals surface area contributed by atoms with Crippen LogP contribution in [0, 0.1) is 0 Å². The van der Waals surface area contributed by atoms with E-state index in [1.165, 1.54) is 0 Å². The van der Waals surface area contributed by atoms with Crippen molar-refractivity contribution in [2.45, 2.75) is 12.5 Å². The largest absolute Gasteiger partial charge is 0.497 e. The van der Waals surface area contributed by atoms with Crippen LogP contribution in [0.4, 0.5) is 0 Å². The lowest BCUT2D eigenvalue weighted by Gasteiger charge is -2.16. The van der Waals surface area contributed by atoms with Crippen LogP contribution in [0.15, 0.2) is 78.9 Å². The smallest absolute Gasteiger partial charge is 0.345 e. The Labute approximate surface area is 157 Å². The van der Waals surface area contributed by atoms with Crippen LogP contribution in [0.5, 0.6) is 23.0 Å². The third-order valence-corrected chi connectivity index (χ3v) is 3.92. The molecule has 5 heteroatoms. The summed E-state index contributed by atoms with van der Waals surface area (Å²) in [6, 6.07) is 23.6. The predicted octanol–water partition coefficient (Wildman–Crippen LogP) is 4.56. The summed E-state index contributed by atoms with van der Waals surface area (Å²) in [5.41, 5.74) is 0.839. The minimum atomic E-state index is -1.03. The Morgan fingerprint density at radius 1 is 0.852 bits per heavy atom. The van der Waals surface area contributed by atoms with E-state index in [0.29, 0.717) is 17.2 Å². The summed E-state index contributed by atoms with van der Waals surface area (Å²) in [5, 5.41) is 9.49. The van der Waals surface area contributed by atoms with Crippen molar-refractivity contribution in [2.75, 3.05) is 7.11 Å². The summed E-state index contributed by atoms with van der Waals surface area (Å²) in [6.45, 7) is 0. The Hall–Kier alpha value is -3.47. The average molecular weight is 364 g/mol. The van der Waals surface area contributed by atoms with Gasteiger partial charge < -0.3 is 19.3 Å². The van der Waals surface area contributed by atoms with Crippen molar-refractivity contribution >= 4 is 5.97 Å². The summed E-state index contributed by atoms with van der Waals surface area (Å²) >= 11 is 0. The van der Waals surface area contributed by atoms with Crippen molar-refractivity contribution in [1.82, 2.24) is 0 Å². The molecule has 0 saturated heterocycles. The topological polar surface area (TPSA) is 65.0 Å². The molecule has 0 heterocycles. The van der Waals surface area contributed by atoms with Crippen LogP contribution in [-0.2, 0) is 11.2 Å². The van der Waals surface area contributed by atoms with Crippen molar-refractivity contribution in [2.24, 2.45) is 0 Å². The van der Waals surface area contributed by atoms with Crippen LogP contribution in [0.3, 0.4) is 0 Å². The average Bonchev–Trinajstić information content (AvgIpc) is 2.70. The number of hydrogen-bond acceptors (Lipinski definition) is 4. The van der Waals surface area contributed by atoms with Crippen molar-refractivity contribution in [3.8, 4) is 23.0 Å². The molecule has 0 fully saturated rings. The molecule has 0 spiro atoms. The second-order valence-electron chi connectivity index (χ2n) is 5.89. The number of ether oxygens (including phenoxy) is 3. The van der Waals surface area contributed by atoms with E-state index in [0.717, 1.165) is 11.3 Å². The lowest BCUT2D eigenvalue weighted by molar-refractivity contribution is -0.145. The van der Waals surface area contributed by atoms with Crippen molar-refractivity contribution in [3.05, 3.63) is 84.4 Å². The van der Waals surface area contributed by atoms with E-state index in [9.17, 15) is 9.90 Å². The van der Waals surface area contributed by atoms with Gasteiger partial charge in [0.25, 0.3) is 0 Å². The van der Waals surface area contributed by atoms with E-state index >= 15 is 0 Å². The first-order valence-electron chi connectivity index (χ1n) is 8.49. The summed E-state index contributed by atoms with van der Waals surface area (Å²) in [7, 11) is 1.55. The fourth-order valence-electron chi connectivity index (χ4n) is 2.55. The summed E-state index contributed by atoms with van der Waals surface area (Å²) < 4.78 is 16.5. The SMILES string of the molecule is COc1cccc(OC(Cc2ccc(Oc3ccccc3)cc2)C(=O)O)c1. The molecule has 5 nitrogen and oxygen atoms in total. The Morgan fingerprint density at radius 2 is 1.48 bits per heavy atom. The van der Waals surface area contributed by atoms with Crippen LogP contribution in [0.25, 0.3) is 0 Å². The van der Waals surface area contributed by atoms with E-state index in [-0.39, 0.29) is 6.42 Å². The Bertz CT molecular complexity index is 875. The maximum Gasteiger partial charge on any atom is 0.345 e. The van der Waals surface area contributed by atoms with Gasteiger partial charge in [-0.3, -0.25) is 0 Å².